The van der Waals surface area contributed by atoms with Crippen LogP contribution in [0, 0.1) is 6.92 Å². The van der Waals surface area contributed by atoms with Crippen LogP contribution in [0.15, 0.2) is 24.3 Å². The van der Waals surface area contributed by atoms with Crippen LogP contribution < -0.4 is 10.2 Å². The van der Waals surface area contributed by atoms with Crippen LogP contribution in [0.2, 0.25) is 0 Å². The van der Waals surface area contributed by atoms with Gasteiger partial charge in [0, 0.05) is 19.3 Å². The van der Waals surface area contributed by atoms with E-state index in [0.717, 1.165) is 11.3 Å². The molecule has 0 bridgehead atoms. The summed E-state index contributed by atoms with van der Waals surface area (Å²) in [6.45, 7) is 2.50. The van der Waals surface area contributed by atoms with Gasteiger partial charge in [-0.2, -0.15) is 0 Å². The molecular formula is C13H19ClN2O2. The molecular weight excluding hydrogens is 252 g/mol. The first-order valence-corrected chi connectivity index (χ1v) is 5.83. The molecule has 1 amide bonds. The topological polar surface area (TPSA) is 52.6 Å². The number of likely N-dealkylation sites (N-methyl/N-ethyl adjacent to an activating group) is 1. The highest BCUT2D eigenvalue weighted by molar-refractivity contribution is 5.97. The minimum atomic E-state index is -0.408. The van der Waals surface area contributed by atoms with E-state index in [4.69, 9.17) is 0 Å². The number of nitrogens with zero attached hydrogens (tertiary/aromatic N) is 1. The molecule has 4 nitrogen and oxygen atoms in total. The van der Waals surface area contributed by atoms with E-state index in [0.29, 0.717) is 13.0 Å². The summed E-state index contributed by atoms with van der Waals surface area (Å²) < 4.78 is 0. The zero-order valence-corrected chi connectivity index (χ0v) is 11.4. The number of anilines is 1. The van der Waals surface area contributed by atoms with E-state index < -0.39 is 6.10 Å². The molecule has 2 atom stereocenters. The third kappa shape index (κ3) is 3.22. The number of aliphatic hydroxyl groups excluding tert-OH is 1. The van der Waals surface area contributed by atoms with Gasteiger partial charge >= 0.3 is 0 Å². The number of benzene rings is 1. The summed E-state index contributed by atoms with van der Waals surface area (Å²) in [6, 6.07) is 7.56. The zero-order chi connectivity index (χ0) is 12.4. The fourth-order valence-electron chi connectivity index (χ4n) is 2.10. The number of aryl methyl sites for hydroxylation is 1. The largest absolute Gasteiger partial charge is 0.392 e. The molecule has 0 radical (unpaired) electrons. The van der Waals surface area contributed by atoms with Crippen molar-refractivity contribution in [3.63, 3.8) is 0 Å². The molecule has 2 N–H and O–H groups in total. The predicted octanol–water partition coefficient (Wildman–Crippen LogP) is 1.10. The van der Waals surface area contributed by atoms with Crippen LogP contribution in [0.1, 0.15) is 12.0 Å². The first-order chi connectivity index (χ1) is 8.08. The minimum absolute atomic E-state index is 0. The average molecular weight is 271 g/mol. The minimum Gasteiger partial charge on any atom is -0.392 e. The molecule has 1 heterocycles. The van der Waals surface area contributed by atoms with Crippen molar-refractivity contribution >= 4 is 24.0 Å². The van der Waals surface area contributed by atoms with Gasteiger partial charge in [-0.3, -0.25) is 4.79 Å². The van der Waals surface area contributed by atoms with Gasteiger partial charge in [-0.05, 0) is 31.0 Å². The van der Waals surface area contributed by atoms with Gasteiger partial charge in [0.05, 0.1) is 12.1 Å². The Labute approximate surface area is 113 Å². The highest BCUT2D eigenvalue weighted by atomic mass is 35.5. The average Bonchev–Trinajstić information content (AvgIpc) is 2.74. The molecule has 2 rings (SSSR count). The number of carbonyl (C=O) groups excluding carboxylic acids is 1. The fraction of sp³-hybridized carbons (Fsp3) is 0.462. The van der Waals surface area contributed by atoms with Crippen LogP contribution in [0.3, 0.4) is 0 Å². The molecule has 0 aliphatic carbocycles. The molecule has 0 aromatic heterocycles. The van der Waals surface area contributed by atoms with E-state index in [1.54, 1.807) is 11.9 Å². The summed E-state index contributed by atoms with van der Waals surface area (Å²) in [5.74, 6) is 0.00662. The van der Waals surface area contributed by atoms with Gasteiger partial charge in [-0.15, -0.1) is 12.4 Å². The highest BCUT2D eigenvalue weighted by Crippen LogP contribution is 2.17. The number of β-amino-alcohol motifs (C(OH)–C–C–N with tert-alkyl or cyclic N) is 1. The van der Waals surface area contributed by atoms with Crippen LogP contribution in [-0.2, 0) is 4.79 Å². The number of nitrogens with one attached hydrogen (secondary N) is 1. The number of hydrogen-bond donors (Lipinski definition) is 2. The first kappa shape index (κ1) is 15.0. The molecule has 0 saturated carbocycles. The third-order valence-electron chi connectivity index (χ3n) is 3.13. The Bertz CT molecular complexity index is 425. The molecule has 1 aliphatic rings. The Morgan fingerprint density at radius 3 is 2.78 bits per heavy atom. The van der Waals surface area contributed by atoms with Crippen molar-refractivity contribution in [1.82, 2.24) is 5.32 Å². The van der Waals surface area contributed by atoms with Crippen molar-refractivity contribution in [2.75, 3.05) is 18.5 Å². The third-order valence-corrected chi connectivity index (χ3v) is 3.13. The number of hydrogen-bond acceptors (Lipinski definition) is 3. The summed E-state index contributed by atoms with van der Waals surface area (Å²) >= 11 is 0. The lowest BCUT2D eigenvalue weighted by Crippen LogP contribution is -2.41. The summed E-state index contributed by atoms with van der Waals surface area (Å²) in [5.41, 5.74) is 2.01. The van der Waals surface area contributed by atoms with Crippen molar-refractivity contribution < 1.29 is 9.90 Å². The Morgan fingerprint density at radius 2 is 2.22 bits per heavy atom. The standard InChI is InChI=1S/C13H18N2O2.ClH/c1-9-4-3-5-10(6-9)15(2)13(17)12-7-11(16)8-14-12;/h3-6,11-12,14,16H,7-8H2,1-2H3;1H. The number of aliphatic hydroxyl groups is 1. The number of carbonyl (C=O) groups is 1. The molecule has 1 fully saturated rings. The maximum Gasteiger partial charge on any atom is 0.243 e. The normalized spacial score (nSPS) is 22.4. The molecule has 100 valence electrons. The summed E-state index contributed by atoms with van der Waals surface area (Å²) in [7, 11) is 1.77. The van der Waals surface area contributed by atoms with Crippen LogP contribution in [0.4, 0.5) is 5.69 Å². The van der Waals surface area contributed by atoms with Crippen molar-refractivity contribution in [3.8, 4) is 0 Å². The zero-order valence-electron chi connectivity index (χ0n) is 10.6. The van der Waals surface area contributed by atoms with Crippen molar-refractivity contribution in [1.29, 1.82) is 0 Å². The van der Waals surface area contributed by atoms with Gasteiger partial charge in [0.25, 0.3) is 0 Å². The van der Waals surface area contributed by atoms with Crippen molar-refractivity contribution in [2.24, 2.45) is 0 Å². The van der Waals surface area contributed by atoms with Gasteiger partial charge < -0.3 is 15.3 Å². The van der Waals surface area contributed by atoms with E-state index in [9.17, 15) is 9.90 Å². The van der Waals surface area contributed by atoms with Gasteiger partial charge in [0.15, 0.2) is 0 Å². The summed E-state index contributed by atoms with van der Waals surface area (Å²) in [6.07, 6.45) is 0.0875. The Morgan fingerprint density at radius 1 is 1.50 bits per heavy atom. The maximum atomic E-state index is 12.2. The molecule has 18 heavy (non-hydrogen) atoms. The van der Waals surface area contributed by atoms with E-state index in [1.165, 1.54) is 0 Å². The van der Waals surface area contributed by atoms with Gasteiger partial charge in [-0.1, -0.05) is 12.1 Å². The lowest BCUT2D eigenvalue weighted by Gasteiger charge is -2.21. The lowest BCUT2D eigenvalue weighted by molar-refractivity contribution is -0.120. The van der Waals surface area contributed by atoms with Crippen LogP contribution in [-0.4, -0.2) is 36.8 Å². The number of halogens is 1. The second-order valence-electron chi connectivity index (χ2n) is 4.59. The van der Waals surface area contributed by atoms with E-state index in [-0.39, 0.29) is 24.4 Å². The molecule has 1 aliphatic heterocycles. The first-order valence-electron chi connectivity index (χ1n) is 5.83. The van der Waals surface area contributed by atoms with Gasteiger partial charge in [-0.25, -0.2) is 0 Å². The summed E-state index contributed by atoms with van der Waals surface area (Å²) in [5, 5.41) is 12.4. The Hall–Kier alpha value is -1.10. The molecule has 0 spiro atoms. The lowest BCUT2D eigenvalue weighted by atomic mass is 10.1. The number of amides is 1. The van der Waals surface area contributed by atoms with E-state index >= 15 is 0 Å². The van der Waals surface area contributed by atoms with Crippen LogP contribution >= 0.6 is 12.4 Å². The van der Waals surface area contributed by atoms with Gasteiger partial charge in [0.2, 0.25) is 5.91 Å². The Balaban J connectivity index is 0.00000162. The predicted molar refractivity (Wildman–Crippen MR) is 74.3 cm³/mol. The van der Waals surface area contributed by atoms with Crippen molar-refractivity contribution in [2.45, 2.75) is 25.5 Å². The quantitative estimate of drug-likeness (QED) is 0.846. The highest BCUT2D eigenvalue weighted by Gasteiger charge is 2.30. The second-order valence-corrected chi connectivity index (χ2v) is 4.59. The van der Waals surface area contributed by atoms with E-state index in [2.05, 4.69) is 5.32 Å². The molecule has 1 aromatic carbocycles. The SMILES string of the molecule is Cc1cccc(N(C)C(=O)C2CC(O)CN2)c1.Cl. The molecule has 2 unspecified atom stereocenters. The van der Waals surface area contributed by atoms with Crippen molar-refractivity contribution in [3.05, 3.63) is 29.8 Å². The smallest absolute Gasteiger partial charge is 0.243 e. The van der Waals surface area contributed by atoms with Gasteiger partial charge in [0.1, 0.15) is 0 Å². The maximum absolute atomic E-state index is 12.2. The summed E-state index contributed by atoms with van der Waals surface area (Å²) in [4.78, 5) is 13.8. The molecule has 1 saturated heterocycles. The Kier molecular flexibility index (Phi) is 5.14. The fourth-order valence-corrected chi connectivity index (χ4v) is 2.10. The number of rotatable bonds is 2. The van der Waals surface area contributed by atoms with Crippen LogP contribution in [0.5, 0.6) is 0 Å². The molecule has 1 aromatic rings. The van der Waals surface area contributed by atoms with E-state index in [1.807, 2.05) is 31.2 Å². The molecule has 5 heteroatoms. The monoisotopic (exact) mass is 270 g/mol. The second kappa shape index (κ2) is 6.18. The van der Waals surface area contributed by atoms with Crippen LogP contribution in [0.25, 0.3) is 0 Å².